The first-order valence-electron chi connectivity index (χ1n) is 10.3. The van der Waals surface area contributed by atoms with Crippen LogP contribution in [0.1, 0.15) is 24.5 Å². The summed E-state index contributed by atoms with van der Waals surface area (Å²) < 4.78 is 0. The molecule has 2 N–H and O–H groups in total. The molecule has 0 saturated carbocycles. The number of benzene rings is 1. The third-order valence-corrected chi connectivity index (χ3v) is 5.50. The molecule has 3 heterocycles. The predicted octanol–water partition coefficient (Wildman–Crippen LogP) is 1.60. The number of hydrogen-bond acceptors (Lipinski definition) is 6. The largest absolute Gasteiger partial charge is 0.465 e. The van der Waals surface area contributed by atoms with Crippen LogP contribution in [0.3, 0.4) is 0 Å². The summed E-state index contributed by atoms with van der Waals surface area (Å²) in [5.41, 5.74) is 3.24. The first kappa shape index (κ1) is 21.8. The number of carbonyl (C=O) groups excluding carboxylic acids is 1. The molecular formula is C21H30N6O3. The van der Waals surface area contributed by atoms with Gasteiger partial charge in [-0.3, -0.25) is 4.79 Å². The summed E-state index contributed by atoms with van der Waals surface area (Å²) >= 11 is 0. The van der Waals surface area contributed by atoms with Crippen molar-refractivity contribution in [3.63, 3.8) is 0 Å². The zero-order chi connectivity index (χ0) is 21.5. The standard InChI is InChI=1S/C18H23N5O2.C3H7NO/c24-18(25)23-9-7-22(8-10-23)14-1-2-15-16(11-14)20-12-21-17(15)13-3-5-19-6-4-13;1-4(2)3-5/h1-2,11-13,19H,3-10H2,(H,24,25);3H,1-2H3. The Kier molecular flexibility index (Phi) is 7.40. The fourth-order valence-corrected chi connectivity index (χ4v) is 3.84. The molecule has 1 aromatic carbocycles. The lowest BCUT2D eigenvalue weighted by Gasteiger charge is -2.34. The minimum atomic E-state index is -0.836. The summed E-state index contributed by atoms with van der Waals surface area (Å²) in [5, 5.41) is 13.6. The highest BCUT2D eigenvalue weighted by molar-refractivity contribution is 5.84. The van der Waals surface area contributed by atoms with E-state index in [-0.39, 0.29) is 0 Å². The number of nitrogens with one attached hydrogen (secondary N) is 1. The maximum absolute atomic E-state index is 11.0. The van der Waals surface area contributed by atoms with Gasteiger partial charge in [0, 0.05) is 57.3 Å². The van der Waals surface area contributed by atoms with Crippen LogP contribution in [0, 0.1) is 0 Å². The molecule has 1 aromatic heterocycles. The van der Waals surface area contributed by atoms with E-state index >= 15 is 0 Å². The van der Waals surface area contributed by atoms with Crippen molar-refractivity contribution < 1.29 is 14.7 Å². The van der Waals surface area contributed by atoms with Gasteiger partial charge in [0.2, 0.25) is 6.41 Å². The number of amides is 2. The molecule has 0 aliphatic carbocycles. The second-order valence-electron chi connectivity index (χ2n) is 7.81. The van der Waals surface area contributed by atoms with Crippen LogP contribution >= 0.6 is 0 Å². The summed E-state index contributed by atoms with van der Waals surface area (Å²) in [5.74, 6) is 0.497. The zero-order valence-electron chi connectivity index (χ0n) is 17.6. The number of aromatic nitrogens is 2. The number of rotatable bonds is 3. The molecule has 2 aliphatic heterocycles. The lowest BCUT2D eigenvalue weighted by molar-refractivity contribution is -0.115. The average molecular weight is 415 g/mol. The summed E-state index contributed by atoms with van der Waals surface area (Å²) in [6.45, 7) is 4.59. The molecule has 9 heteroatoms. The first-order chi connectivity index (χ1) is 14.5. The molecule has 2 aliphatic rings. The Balaban J connectivity index is 0.000000461. The van der Waals surface area contributed by atoms with E-state index in [1.807, 2.05) is 0 Å². The number of carboxylic acid groups (broad SMARTS) is 1. The Bertz CT molecular complexity index is 861. The van der Waals surface area contributed by atoms with Gasteiger partial charge < -0.3 is 25.1 Å². The predicted molar refractivity (Wildman–Crippen MR) is 116 cm³/mol. The number of carbonyl (C=O) groups is 2. The van der Waals surface area contributed by atoms with Crippen LogP contribution < -0.4 is 10.2 Å². The molecule has 2 saturated heterocycles. The smallest absolute Gasteiger partial charge is 0.407 e. The highest BCUT2D eigenvalue weighted by Gasteiger charge is 2.22. The Morgan fingerprint density at radius 3 is 2.43 bits per heavy atom. The van der Waals surface area contributed by atoms with Crippen LogP contribution in [0.15, 0.2) is 24.5 Å². The van der Waals surface area contributed by atoms with Crippen molar-refractivity contribution in [2.45, 2.75) is 18.8 Å². The third-order valence-electron chi connectivity index (χ3n) is 5.50. The lowest BCUT2D eigenvalue weighted by atomic mass is 9.92. The van der Waals surface area contributed by atoms with Crippen molar-refractivity contribution in [3.8, 4) is 0 Å². The van der Waals surface area contributed by atoms with E-state index in [0.29, 0.717) is 32.1 Å². The zero-order valence-corrected chi connectivity index (χ0v) is 17.6. The van der Waals surface area contributed by atoms with E-state index < -0.39 is 6.09 Å². The van der Waals surface area contributed by atoms with Gasteiger partial charge in [0.25, 0.3) is 0 Å². The Morgan fingerprint density at radius 1 is 1.17 bits per heavy atom. The molecule has 4 rings (SSSR count). The molecule has 2 amide bonds. The molecule has 0 spiro atoms. The quantitative estimate of drug-likeness (QED) is 0.736. The topological polar surface area (TPSA) is 102 Å². The van der Waals surface area contributed by atoms with Crippen LogP contribution in [0.25, 0.3) is 10.9 Å². The van der Waals surface area contributed by atoms with Gasteiger partial charge in [-0.25, -0.2) is 14.8 Å². The maximum Gasteiger partial charge on any atom is 0.407 e. The van der Waals surface area contributed by atoms with Gasteiger partial charge in [0.15, 0.2) is 0 Å². The van der Waals surface area contributed by atoms with Gasteiger partial charge in [-0.05, 0) is 44.1 Å². The maximum atomic E-state index is 11.0. The van der Waals surface area contributed by atoms with Gasteiger partial charge >= 0.3 is 6.09 Å². The number of nitrogens with zero attached hydrogens (tertiary/aromatic N) is 5. The third kappa shape index (κ3) is 5.35. The van der Waals surface area contributed by atoms with Gasteiger partial charge in [-0.15, -0.1) is 0 Å². The fourth-order valence-electron chi connectivity index (χ4n) is 3.84. The van der Waals surface area contributed by atoms with Gasteiger partial charge in [0.05, 0.1) is 11.2 Å². The van der Waals surface area contributed by atoms with E-state index in [4.69, 9.17) is 5.11 Å². The SMILES string of the molecule is CN(C)C=O.O=C(O)N1CCN(c2ccc3c(C4CCNCC4)ncnc3c2)CC1. The number of piperazine rings is 1. The molecule has 0 bridgehead atoms. The van der Waals surface area contributed by atoms with E-state index in [1.54, 1.807) is 20.4 Å². The molecule has 0 atom stereocenters. The minimum absolute atomic E-state index is 0.497. The van der Waals surface area contributed by atoms with E-state index in [1.165, 1.54) is 9.80 Å². The van der Waals surface area contributed by atoms with Crippen LogP contribution in [0.4, 0.5) is 10.5 Å². The van der Waals surface area contributed by atoms with Crippen LogP contribution in [-0.2, 0) is 4.79 Å². The number of piperidine rings is 1. The van der Waals surface area contributed by atoms with E-state index in [2.05, 4.69) is 38.4 Å². The van der Waals surface area contributed by atoms with Crippen molar-refractivity contribution in [1.82, 2.24) is 25.1 Å². The molecule has 0 unspecified atom stereocenters. The summed E-state index contributed by atoms with van der Waals surface area (Å²) in [7, 11) is 3.38. The van der Waals surface area contributed by atoms with Crippen LogP contribution in [0.5, 0.6) is 0 Å². The average Bonchev–Trinajstić information content (AvgIpc) is 2.79. The second kappa shape index (κ2) is 10.2. The van der Waals surface area contributed by atoms with E-state index in [0.717, 1.165) is 54.6 Å². The molecule has 2 fully saturated rings. The number of hydrogen-bond donors (Lipinski definition) is 2. The Labute approximate surface area is 176 Å². The molecule has 30 heavy (non-hydrogen) atoms. The molecule has 9 nitrogen and oxygen atoms in total. The summed E-state index contributed by atoms with van der Waals surface area (Å²) in [4.78, 5) is 34.7. The normalized spacial score (nSPS) is 17.3. The minimum Gasteiger partial charge on any atom is -0.465 e. The number of anilines is 1. The van der Waals surface area contributed by atoms with Crippen molar-refractivity contribution in [2.75, 3.05) is 58.3 Å². The Hall–Kier alpha value is -2.94. The van der Waals surface area contributed by atoms with Crippen molar-refractivity contribution >= 4 is 29.1 Å². The summed E-state index contributed by atoms with van der Waals surface area (Å²) in [6, 6.07) is 6.36. The van der Waals surface area contributed by atoms with Crippen molar-refractivity contribution in [2.24, 2.45) is 0 Å². The fraction of sp³-hybridized carbons (Fsp3) is 0.524. The van der Waals surface area contributed by atoms with Gasteiger partial charge in [-0.1, -0.05) is 0 Å². The Morgan fingerprint density at radius 2 is 1.83 bits per heavy atom. The van der Waals surface area contributed by atoms with Crippen molar-refractivity contribution in [3.05, 3.63) is 30.2 Å². The lowest BCUT2D eigenvalue weighted by Crippen LogP contribution is -2.48. The summed E-state index contributed by atoms with van der Waals surface area (Å²) in [6.07, 6.45) is 3.82. The van der Waals surface area contributed by atoms with Crippen LogP contribution in [0.2, 0.25) is 0 Å². The molecule has 2 aromatic rings. The first-order valence-corrected chi connectivity index (χ1v) is 10.3. The highest BCUT2D eigenvalue weighted by atomic mass is 16.4. The van der Waals surface area contributed by atoms with Crippen molar-refractivity contribution in [1.29, 1.82) is 0 Å². The second-order valence-corrected chi connectivity index (χ2v) is 7.81. The molecular weight excluding hydrogens is 384 g/mol. The number of fused-ring (bicyclic) bond motifs is 1. The van der Waals surface area contributed by atoms with Crippen LogP contribution in [-0.4, -0.2) is 90.7 Å². The van der Waals surface area contributed by atoms with Gasteiger partial charge in [0.1, 0.15) is 6.33 Å². The van der Waals surface area contributed by atoms with E-state index in [9.17, 15) is 9.59 Å². The highest BCUT2D eigenvalue weighted by Crippen LogP contribution is 2.30. The monoisotopic (exact) mass is 414 g/mol. The molecule has 0 radical (unpaired) electrons. The van der Waals surface area contributed by atoms with Gasteiger partial charge in [-0.2, -0.15) is 0 Å². The molecule has 162 valence electrons.